The molecule has 0 N–H and O–H groups in total. The molecule has 4 aromatic rings. The summed E-state index contributed by atoms with van der Waals surface area (Å²) in [7, 11) is 0. The number of rotatable bonds is 5. The number of nitrogens with zero attached hydrogens (tertiary/aromatic N) is 4. The number of amides is 1. The molecule has 2 aromatic heterocycles. The van der Waals surface area contributed by atoms with Crippen LogP contribution in [0.5, 0.6) is 5.75 Å². The van der Waals surface area contributed by atoms with E-state index >= 15 is 0 Å². The molecule has 6 rings (SSSR count). The highest BCUT2D eigenvalue weighted by molar-refractivity contribution is 6.30. The van der Waals surface area contributed by atoms with Crippen molar-refractivity contribution in [1.29, 1.82) is 0 Å². The summed E-state index contributed by atoms with van der Waals surface area (Å²) in [6.07, 6.45) is 5.41. The molecule has 0 bridgehead atoms. The lowest BCUT2D eigenvalue weighted by Crippen LogP contribution is -2.44. The molecule has 0 radical (unpaired) electrons. The molecule has 35 heavy (non-hydrogen) atoms. The van der Waals surface area contributed by atoms with E-state index in [9.17, 15) is 9.59 Å². The van der Waals surface area contributed by atoms with E-state index in [1.54, 1.807) is 33.9 Å². The van der Waals surface area contributed by atoms with Gasteiger partial charge in [0.25, 0.3) is 5.56 Å². The minimum atomic E-state index is -0.265. The van der Waals surface area contributed by atoms with Crippen LogP contribution in [-0.2, 0) is 11.3 Å². The average Bonchev–Trinajstić information content (AvgIpc) is 3.52. The molecule has 10 heteroatoms. The van der Waals surface area contributed by atoms with Crippen molar-refractivity contribution < 1.29 is 18.7 Å². The zero-order valence-corrected chi connectivity index (χ0v) is 19.4. The fourth-order valence-electron chi connectivity index (χ4n) is 4.71. The zero-order chi connectivity index (χ0) is 23.9. The minimum Gasteiger partial charge on any atom is -0.490 e. The van der Waals surface area contributed by atoms with Gasteiger partial charge < -0.3 is 18.8 Å². The number of cyclic esters (lactones) is 1. The lowest BCUT2D eigenvalue weighted by atomic mass is 10.0. The number of oxazole rings is 1. The topological polar surface area (TPSA) is 99.7 Å². The van der Waals surface area contributed by atoms with E-state index in [1.807, 2.05) is 18.2 Å². The van der Waals surface area contributed by atoms with Crippen LogP contribution in [0.15, 0.2) is 64.5 Å². The second kappa shape index (κ2) is 8.74. The van der Waals surface area contributed by atoms with Crippen LogP contribution >= 0.6 is 11.6 Å². The molecule has 0 unspecified atom stereocenters. The molecule has 0 aliphatic carbocycles. The van der Waals surface area contributed by atoms with Crippen molar-refractivity contribution in [2.45, 2.75) is 31.5 Å². The van der Waals surface area contributed by atoms with E-state index in [-0.39, 0.29) is 23.8 Å². The van der Waals surface area contributed by atoms with Crippen LogP contribution in [0, 0.1) is 0 Å². The van der Waals surface area contributed by atoms with Crippen molar-refractivity contribution in [2.24, 2.45) is 0 Å². The van der Waals surface area contributed by atoms with Gasteiger partial charge in [-0.15, -0.1) is 0 Å². The van der Waals surface area contributed by atoms with Gasteiger partial charge in [-0.2, -0.15) is 0 Å². The zero-order valence-electron chi connectivity index (χ0n) is 18.6. The van der Waals surface area contributed by atoms with E-state index < -0.39 is 0 Å². The molecule has 0 saturated carbocycles. The Kier molecular flexibility index (Phi) is 5.41. The number of ether oxygens (including phenoxy) is 2. The number of hydrogen-bond donors (Lipinski definition) is 0. The van der Waals surface area contributed by atoms with Gasteiger partial charge in [0.1, 0.15) is 18.5 Å². The standard InChI is InChI=1S/C25H21ClN4O5/c26-16-3-1-15(2-4-16)11-29-13-28-23-20(22-10-27-14-34-22)8-19(9-21(23)24(29)31)35-18-5-6-30-17(7-18)12-33-25(30)32/h1-4,8-10,13-14,17-18H,5-7,11-12H2/t17-,18-/m0/s1. The molecule has 2 aliphatic heterocycles. The van der Waals surface area contributed by atoms with E-state index in [2.05, 4.69) is 9.97 Å². The Bertz CT molecular complexity index is 1450. The van der Waals surface area contributed by atoms with E-state index in [0.29, 0.717) is 65.5 Å². The van der Waals surface area contributed by atoms with Gasteiger partial charge in [-0.05, 0) is 29.8 Å². The molecule has 2 saturated heterocycles. The molecule has 2 fully saturated rings. The molecule has 1 amide bonds. The first-order chi connectivity index (χ1) is 17.0. The number of benzene rings is 2. The SMILES string of the molecule is O=C1OC[C@@H]2C[C@@H](Oc3cc(-c4cnco4)c4ncn(Cc5ccc(Cl)cc5)c(=O)c4c3)CCN12. The third kappa shape index (κ3) is 4.12. The lowest BCUT2D eigenvalue weighted by molar-refractivity contribution is 0.0937. The van der Waals surface area contributed by atoms with Gasteiger partial charge in [0.15, 0.2) is 12.2 Å². The molecule has 4 heterocycles. The average molecular weight is 493 g/mol. The summed E-state index contributed by atoms with van der Waals surface area (Å²) in [5, 5.41) is 1.05. The lowest BCUT2D eigenvalue weighted by Gasteiger charge is -2.32. The maximum Gasteiger partial charge on any atom is 0.410 e. The molecule has 178 valence electrons. The minimum absolute atomic E-state index is 0.00807. The first kappa shape index (κ1) is 21.7. The number of aromatic nitrogens is 3. The van der Waals surface area contributed by atoms with Crippen LogP contribution < -0.4 is 10.3 Å². The van der Waals surface area contributed by atoms with Gasteiger partial charge in [-0.25, -0.2) is 14.8 Å². The Morgan fingerprint density at radius 3 is 2.83 bits per heavy atom. The van der Waals surface area contributed by atoms with Crippen molar-refractivity contribution in [2.75, 3.05) is 13.2 Å². The smallest absolute Gasteiger partial charge is 0.410 e. The van der Waals surface area contributed by atoms with Crippen LogP contribution in [0.25, 0.3) is 22.2 Å². The molecule has 2 atom stereocenters. The highest BCUT2D eigenvalue weighted by Crippen LogP contribution is 2.33. The van der Waals surface area contributed by atoms with E-state index in [0.717, 1.165) is 5.56 Å². The summed E-state index contributed by atoms with van der Waals surface area (Å²) in [6.45, 7) is 1.31. The second-order valence-electron chi connectivity index (χ2n) is 8.73. The van der Waals surface area contributed by atoms with Gasteiger partial charge in [-0.3, -0.25) is 9.36 Å². The summed E-state index contributed by atoms with van der Waals surface area (Å²) in [6, 6.07) is 10.9. The monoisotopic (exact) mass is 492 g/mol. The predicted molar refractivity (Wildman–Crippen MR) is 128 cm³/mol. The number of halogens is 1. The quantitative estimate of drug-likeness (QED) is 0.413. The van der Waals surface area contributed by atoms with Crippen molar-refractivity contribution in [3.8, 4) is 17.1 Å². The molecular weight excluding hydrogens is 472 g/mol. The molecule has 0 spiro atoms. The number of carbonyl (C=O) groups excluding carboxylic acids is 1. The molecule has 2 aliphatic rings. The van der Waals surface area contributed by atoms with Gasteiger partial charge in [0, 0.05) is 30.0 Å². The fourth-order valence-corrected chi connectivity index (χ4v) is 4.84. The van der Waals surface area contributed by atoms with Crippen LogP contribution in [0.1, 0.15) is 18.4 Å². The third-order valence-corrected chi connectivity index (χ3v) is 6.72. The van der Waals surface area contributed by atoms with Crippen molar-refractivity contribution in [1.82, 2.24) is 19.4 Å². The largest absolute Gasteiger partial charge is 0.490 e. The van der Waals surface area contributed by atoms with Gasteiger partial charge >= 0.3 is 6.09 Å². The number of hydrogen-bond acceptors (Lipinski definition) is 7. The van der Waals surface area contributed by atoms with Gasteiger partial charge in [0.2, 0.25) is 0 Å². The Morgan fingerprint density at radius 2 is 2.03 bits per heavy atom. The van der Waals surface area contributed by atoms with Gasteiger partial charge in [-0.1, -0.05) is 23.7 Å². The number of fused-ring (bicyclic) bond motifs is 2. The van der Waals surface area contributed by atoms with Gasteiger partial charge in [0.05, 0.1) is 36.0 Å². The van der Waals surface area contributed by atoms with Crippen LogP contribution in [0.3, 0.4) is 0 Å². The second-order valence-corrected chi connectivity index (χ2v) is 9.16. The van der Waals surface area contributed by atoms with E-state index in [4.69, 9.17) is 25.5 Å². The number of carbonyl (C=O) groups is 1. The van der Waals surface area contributed by atoms with Crippen LogP contribution in [0.2, 0.25) is 5.02 Å². The van der Waals surface area contributed by atoms with Crippen LogP contribution in [-0.4, -0.2) is 50.8 Å². The normalized spacial score (nSPS) is 19.6. The summed E-state index contributed by atoms with van der Waals surface area (Å²) in [5.41, 5.74) is 1.87. The highest BCUT2D eigenvalue weighted by Gasteiger charge is 2.39. The Balaban J connectivity index is 1.37. The first-order valence-corrected chi connectivity index (χ1v) is 11.7. The Labute approximate surface area is 204 Å². The maximum absolute atomic E-state index is 13.5. The summed E-state index contributed by atoms with van der Waals surface area (Å²) in [4.78, 5) is 35.6. The Morgan fingerprint density at radius 1 is 1.17 bits per heavy atom. The highest BCUT2D eigenvalue weighted by atomic mass is 35.5. The summed E-state index contributed by atoms with van der Waals surface area (Å²) < 4.78 is 18.6. The maximum atomic E-state index is 13.5. The van der Waals surface area contributed by atoms with Crippen molar-refractivity contribution in [3.05, 3.63) is 76.3 Å². The predicted octanol–water partition coefficient (Wildman–Crippen LogP) is 4.12. The van der Waals surface area contributed by atoms with Crippen LogP contribution in [0.4, 0.5) is 4.79 Å². The van der Waals surface area contributed by atoms with E-state index in [1.165, 1.54) is 12.7 Å². The molecule has 9 nitrogen and oxygen atoms in total. The molecular formula is C25H21ClN4O5. The third-order valence-electron chi connectivity index (χ3n) is 6.47. The summed E-state index contributed by atoms with van der Waals surface area (Å²) in [5.74, 6) is 1.03. The Hall–Kier alpha value is -3.85. The fraction of sp³-hybridized carbons (Fsp3) is 0.280. The molecule has 2 aromatic carbocycles. The summed E-state index contributed by atoms with van der Waals surface area (Å²) >= 11 is 5.99. The van der Waals surface area contributed by atoms with Crippen molar-refractivity contribution in [3.63, 3.8) is 0 Å². The number of piperidine rings is 1. The first-order valence-electron chi connectivity index (χ1n) is 11.3. The van der Waals surface area contributed by atoms with Crippen molar-refractivity contribution >= 4 is 28.6 Å².